The summed E-state index contributed by atoms with van der Waals surface area (Å²) in [5, 5.41) is 17.5. The van der Waals surface area contributed by atoms with Gasteiger partial charge in [0, 0.05) is 5.38 Å². The van der Waals surface area contributed by atoms with Gasteiger partial charge in [0.1, 0.15) is 23.1 Å². The Hall–Kier alpha value is -2.84. The zero-order valence-electron chi connectivity index (χ0n) is 13.7. The topological polar surface area (TPSA) is 85.2 Å². The molecule has 4 rings (SSSR count). The number of aromatic nitrogens is 3. The molecule has 26 heavy (non-hydrogen) atoms. The maximum Gasteiger partial charge on any atom is 0.355 e. The summed E-state index contributed by atoms with van der Waals surface area (Å²) in [6.07, 6.45) is 0. The summed E-state index contributed by atoms with van der Waals surface area (Å²) in [6, 6.07) is 11.9. The fraction of sp³-hybridized carbons (Fsp3) is 0.111. The Morgan fingerprint density at radius 1 is 1.23 bits per heavy atom. The lowest BCUT2D eigenvalue weighted by Crippen LogP contribution is -2.00. The van der Waals surface area contributed by atoms with Gasteiger partial charge < -0.3 is 9.84 Å². The van der Waals surface area contributed by atoms with Crippen LogP contribution in [0.4, 0.5) is 0 Å². The Morgan fingerprint density at radius 3 is 2.81 bits per heavy atom. The van der Waals surface area contributed by atoms with Crippen LogP contribution in [0.1, 0.15) is 20.4 Å². The number of carboxylic acid groups (broad SMARTS) is 1. The largest absolute Gasteiger partial charge is 0.486 e. The van der Waals surface area contributed by atoms with E-state index in [0.717, 1.165) is 26.9 Å². The number of fused-ring (bicyclic) bond motifs is 1. The summed E-state index contributed by atoms with van der Waals surface area (Å²) in [5.41, 5.74) is 1.73. The van der Waals surface area contributed by atoms with E-state index in [4.69, 9.17) is 9.84 Å². The summed E-state index contributed by atoms with van der Waals surface area (Å²) in [6.45, 7) is 2.17. The molecule has 0 aliphatic heterocycles. The normalized spacial score (nSPS) is 11.0. The molecule has 8 heteroatoms. The summed E-state index contributed by atoms with van der Waals surface area (Å²) in [4.78, 5) is 16.0. The van der Waals surface area contributed by atoms with Crippen LogP contribution in [-0.4, -0.2) is 25.6 Å². The van der Waals surface area contributed by atoms with Crippen molar-refractivity contribution in [3.8, 4) is 17.0 Å². The van der Waals surface area contributed by atoms with Crippen molar-refractivity contribution in [2.45, 2.75) is 13.5 Å². The standard InChI is InChI=1S/C18H13N3O3S2/c1-10-17(20-21-26-10)16-12-5-3-2-4-11(12)6-7-14(16)24-8-15-19-13(9-25-15)18(22)23/h2-7,9H,8H2,1H3,(H,22,23). The average molecular weight is 383 g/mol. The molecule has 0 fully saturated rings. The first-order chi connectivity index (χ1) is 12.6. The molecular weight excluding hydrogens is 370 g/mol. The monoisotopic (exact) mass is 383 g/mol. The van der Waals surface area contributed by atoms with Crippen LogP contribution >= 0.6 is 22.9 Å². The molecular formula is C18H13N3O3S2. The molecule has 0 saturated heterocycles. The van der Waals surface area contributed by atoms with Crippen LogP contribution in [-0.2, 0) is 6.61 Å². The molecule has 6 nitrogen and oxygen atoms in total. The quantitative estimate of drug-likeness (QED) is 0.550. The van der Waals surface area contributed by atoms with Crippen molar-refractivity contribution in [3.63, 3.8) is 0 Å². The van der Waals surface area contributed by atoms with Gasteiger partial charge in [-0.2, -0.15) is 0 Å². The van der Waals surface area contributed by atoms with Crippen molar-refractivity contribution in [2.24, 2.45) is 0 Å². The Morgan fingerprint density at radius 2 is 2.08 bits per heavy atom. The van der Waals surface area contributed by atoms with Crippen LogP contribution in [0.5, 0.6) is 5.75 Å². The highest BCUT2D eigenvalue weighted by atomic mass is 32.1. The number of carboxylic acids is 1. The van der Waals surface area contributed by atoms with Crippen LogP contribution in [0.15, 0.2) is 41.8 Å². The third kappa shape index (κ3) is 3.04. The first-order valence-electron chi connectivity index (χ1n) is 7.75. The number of thiazole rings is 1. The smallest absolute Gasteiger partial charge is 0.355 e. The van der Waals surface area contributed by atoms with Gasteiger partial charge in [-0.05, 0) is 35.3 Å². The lowest BCUT2D eigenvalue weighted by atomic mass is 10.0. The van der Waals surface area contributed by atoms with E-state index in [0.29, 0.717) is 10.8 Å². The van der Waals surface area contributed by atoms with Gasteiger partial charge in [-0.25, -0.2) is 9.78 Å². The number of rotatable bonds is 5. The summed E-state index contributed by atoms with van der Waals surface area (Å²) >= 11 is 2.61. The highest BCUT2D eigenvalue weighted by Gasteiger charge is 2.17. The number of aromatic carboxylic acids is 1. The maximum atomic E-state index is 11.0. The molecule has 0 spiro atoms. The highest BCUT2D eigenvalue weighted by Crippen LogP contribution is 2.38. The first-order valence-corrected chi connectivity index (χ1v) is 9.40. The molecule has 0 aliphatic rings. The van der Waals surface area contributed by atoms with E-state index in [1.807, 2.05) is 43.3 Å². The Balaban J connectivity index is 1.74. The van der Waals surface area contributed by atoms with Gasteiger partial charge in [-0.15, -0.1) is 16.4 Å². The molecule has 2 aromatic carbocycles. The fourth-order valence-corrected chi connectivity index (χ4v) is 3.85. The predicted octanol–water partition coefficient (Wildman–Crippen LogP) is 4.40. The van der Waals surface area contributed by atoms with Crippen LogP contribution in [0, 0.1) is 6.92 Å². The second kappa shape index (κ2) is 6.81. The summed E-state index contributed by atoms with van der Waals surface area (Å²) in [5.74, 6) is -0.366. The maximum absolute atomic E-state index is 11.0. The van der Waals surface area contributed by atoms with E-state index in [1.165, 1.54) is 28.2 Å². The Kier molecular flexibility index (Phi) is 4.36. The SMILES string of the molecule is Cc1snnc1-c1c(OCc2nc(C(=O)O)cs2)ccc2ccccc12. The van der Waals surface area contributed by atoms with Gasteiger partial charge in [-0.1, -0.05) is 34.8 Å². The van der Waals surface area contributed by atoms with Gasteiger partial charge in [0.2, 0.25) is 0 Å². The molecule has 4 aromatic rings. The zero-order valence-corrected chi connectivity index (χ0v) is 15.3. The number of hydrogen-bond acceptors (Lipinski definition) is 7. The summed E-state index contributed by atoms with van der Waals surface area (Å²) in [7, 11) is 0. The van der Waals surface area contributed by atoms with Crippen LogP contribution < -0.4 is 4.74 Å². The molecule has 0 unspecified atom stereocenters. The van der Waals surface area contributed by atoms with E-state index in [1.54, 1.807) is 0 Å². The van der Waals surface area contributed by atoms with E-state index < -0.39 is 5.97 Å². The van der Waals surface area contributed by atoms with Crippen molar-refractivity contribution in [1.29, 1.82) is 0 Å². The van der Waals surface area contributed by atoms with Crippen molar-refractivity contribution in [3.05, 3.63) is 57.4 Å². The van der Waals surface area contributed by atoms with Gasteiger partial charge in [0.05, 0.1) is 10.4 Å². The van der Waals surface area contributed by atoms with Gasteiger partial charge >= 0.3 is 5.97 Å². The molecule has 0 bridgehead atoms. The van der Waals surface area contributed by atoms with Gasteiger partial charge in [-0.3, -0.25) is 0 Å². The minimum absolute atomic E-state index is 0.0341. The third-order valence-electron chi connectivity index (χ3n) is 3.90. The van der Waals surface area contributed by atoms with E-state index in [-0.39, 0.29) is 12.3 Å². The van der Waals surface area contributed by atoms with Gasteiger partial charge in [0.15, 0.2) is 5.69 Å². The van der Waals surface area contributed by atoms with Crippen molar-refractivity contribution >= 4 is 39.6 Å². The average Bonchev–Trinajstić information content (AvgIpc) is 3.28. The highest BCUT2D eigenvalue weighted by molar-refractivity contribution is 7.09. The molecule has 0 amide bonds. The predicted molar refractivity (Wildman–Crippen MR) is 101 cm³/mol. The van der Waals surface area contributed by atoms with Crippen LogP contribution in [0.3, 0.4) is 0 Å². The molecule has 0 aliphatic carbocycles. The number of benzene rings is 2. The Labute approximate surface area is 156 Å². The third-order valence-corrected chi connectivity index (χ3v) is 5.35. The van der Waals surface area contributed by atoms with Crippen molar-refractivity contribution < 1.29 is 14.6 Å². The molecule has 0 radical (unpaired) electrons. The Bertz CT molecular complexity index is 1100. The number of hydrogen-bond donors (Lipinski definition) is 1. The number of ether oxygens (including phenoxy) is 1. The van der Waals surface area contributed by atoms with E-state index in [9.17, 15) is 4.79 Å². The molecule has 2 heterocycles. The molecule has 130 valence electrons. The second-order valence-electron chi connectivity index (χ2n) is 5.56. The molecule has 2 aromatic heterocycles. The lowest BCUT2D eigenvalue weighted by molar-refractivity contribution is 0.0691. The van der Waals surface area contributed by atoms with Crippen LogP contribution in [0.2, 0.25) is 0 Å². The molecule has 0 atom stereocenters. The fourth-order valence-electron chi connectivity index (χ4n) is 2.69. The molecule has 0 saturated carbocycles. The van der Waals surface area contributed by atoms with Gasteiger partial charge in [0.25, 0.3) is 0 Å². The van der Waals surface area contributed by atoms with E-state index >= 15 is 0 Å². The number of carbonyl (C=O) groups is 1. The number of nitrogens with zero attached hydrogens (tertiary/aromatic N) is 3. The number of aryl methyl sites for hydroxylation is 1. The minimum atomic E-state index is -1.04. The first kappa shape index (κ1) is 16.6. The van der Waals surface area contributed by atoms with E-state index in [2.05, 4.69) is 14.6 Å². The summed E-state index contributed by atoms with van der Waals surface area (Å²) < 4.78 is 10.0. The van der Waals surface area contributed by atoms with Crippen molar-refractivity contribution in [1.82, 2.24) is 14.6 Å². The van der Waals surface area contributed by atoms with Crippen LogP contribution in [0.25, 0.3) is 22.0 Å². The van der Waals surface area contributed by atoms with Crippen molar-refractivity contribution in [2.75, 3.05) is 0 Å². The minimum Gasteiger partial charge on any atom is -0.486 e. The second-order valence-corrected chi connectivity index (χ2v) is 7.46. The lowest BCUT2D eigenvalue weighted by Gasteiger charge is -2.12. The molecule has 1 N–H and O–H groups in total. The zero-order chi connectivity index (χ0) is 18.1.